The fraction of sp³-hybridized carbons (Fsp3) is 0.231. The molecule has 2 amide bonds. The van der Waals surface area contributed by atoms with Crippen LogP contribution in [-0.4, -0.2) is 22.5 Å². The molecule has 0 bridgehead atoms. The van der Waals surface area contributed by atoms with Gasteiger partial charge in [-0.05, 0) is 72.4 Å². The van der Waals surface area contributed by atoms with Crippen LogP contribution in [0.15, 0.2) is 65.1 Å². The number of rotatable bonds is 4. The number of anilines is 1. The monoisotopic (exact) mass is 447 g/mol. The van der Waals surface area contributed by atoms with E-state index in [1.54, 1.807) is 23.1 Å². The first-order valence-electron chi connectivity index (χ1n) is 11.0. The van der Waals surface area contributed by atoms with Crippen LogP contribution in [0, 0.1) is 11.6 Å². The highest BCUT2D eigenvalue weighted by atomic mass is 19.2. The molecule has 1 aliphatic rings. The first-order chi connectivity index (χ1) is 16.0. The van der Waals surface area contributed by atoms with Crippen molar-refractivity contribution < 1.29 is 18.0 Å². The Morgan fingerprint density at radius 1 is 1.06 bits per heavy atom. The summed E-state index contributed by atoms with van der Waals surface area (Å²) in [6, 6.07) is 16.5. The molecule has 2 heterocycles. The molecular formula is C26H23F2N3O2. The molecular weight excluding hydrogens is 424 g/mol. The van der Waals surface area contributed by atoms with Crippen molar-refractivity contribution in [3.63, 3.8) is 0 Å². The highest BCUT2D eigenvalue weighted by Crippen LogP contribution is 2.35. The van der Waals surface area contributed by atoms with Crippen molar-refractivity contribution in [2.75, 3.05) is 11.9 Å². The standard InChI is InChI=1S/C26H23F2N3O2/c1-2-16-5-9-19(10-6-16)29-26(32)31-13-3-4-23(31)25-30-22-15-18(8-12-24(22)33-25)17-7-11-20(27)21(28)14-17/h5-12,14-15,23H,2-4,13H2,1H3,(H,29,32). The number of likely N-dealkylation sites (tertiary alicyclic amines) is 1. The number of amides is 2. The Bertz CT molecular complexity index is 1320. The summed E-state index contributed by atoms with van der Waals surface area (Å²) in [5.74, 6) is -1.31. The lowest BCUT2D eigenvalue weighted by Crippen LogP contribution is -2.34. The molecule has 0 spiro atoms. The molecule has 1 saturated heterocycles. The van der Waals surface area contributed by atoms with Crippen molar-refractivity contribution in [2.45, 2.75) is 32.2 Å². The molecule has 1 aromatic heterocycles. The van der Waals surface area contributed by atoms with Gasteiger partial charge in [-0.25, -0.2) is 18.6 Å². The van der Waals surface area contributed by atoms with Gasteiger partial charge >= 0.3 is 6.03 Å². The number of urea groups is 1. The van der Waals surface area contributed by atoms with Crippen molar-refractivity contribution in [3.8, 4) is 11.1 Å². The molecule has 1 fully saturated rings. The number of halogens is 2. The van der Waals surface area contributed by atoms with Gasteiger partial charge in [0, 0.05) is 12.2 Å². The number of nitrogens with zero attached hydrogens (tertiary/aromatic N) is 2. The molecule has 5 rings (SSSR count). The molecule has 168 valence electrons. The molecule has 33 heavy (non-hydrogen) atoms. The van der Waals surface area contributed by atoms with Crippen LogP contribution in [0.25, 0.3) is 22.2 Å². The molecule has 1 aliphatic heterocycles. The number of carbonyl (C=O) groups is 1. The number of benzene rings is 3. The van der Waals surface area contributed by atoms with E-state index in [2.05, 4.69) is 17.2 Å². The van der Waals surface area contributed by atoms with Gasteiger partial charge < -0.3 is 14.6 Å². The average molecular weight is 447 g/mol. The number of nitrogens with one attached hydrogen (secondary N) is 1. The number of fused-ring (bicyclic) bond motifs is 1. The van der Waals surface area contributed by atoms with Gasteiger partial charge in [0.15, 0.2) is 17.2 Å². The van der Waals surface area contributed by atoms with Crippen LogP contribution in [0.5, 0.6) is 0 Å². The SMILES string of the molecule is CCc1ccc(NC(=O)N2CCCC2c2nc3cc(-c4ccc(F)c(F)c4)ccc3o2)cc1. The second-order valence-electron chi connectivity index (χ2n) is 8.20. The maximum atomic E-state index is 13.6. The maximum Gasteiger partial charge on any atom is 0.322 e. The van der Waals surface area contributed by atoms with Gasteiger partial charge in [0.1, 0.15) is 11.6 Å². The number of hydrogen-bond acceptors (Lipinski definition) is 3. The zero-order chi connectivity index (χ0) is 22.9. The van der Waals surface area contributed by atoms with Crippen molar-refractivity contribution in [2.24, 2.45) is 0 Å². The van der Waals surface area contributed by atoms with E-state index in [9.17, 15) is 13.6 Å². The Balaban J connectivity index is 1.38. The summed E-state index contributed by atoms with van der Waals surface area (Å²) in [5, 5.41) is 2.96. The Kier molecular flexibility index (Phi) is 5.54. The number of carbonyl (C=O) groups excluding carboxylic acids is 1. The van der Waals surface area contributed by atoms with E-state index >= 15 is 0 Å². The third kappa shape index (κ3) is 4.18. The average Bonchev–Trinajstić information content (AvgIpc) is 3.48. The number of hydrogen-bond donors (Lipinski definition) is 1. The number of oxazole rings is 1. The van der Waals surface area contributed by atoms with E-state index < -0.39 is 11.6 Å². The molecule has 4 aromatic rings. The van der Waals surface area contributed by atoms with Crippen LogP contribution in [0.2, 0.25) is 0 Å². The predicted octanol–water partition coefficient (Wildman–Crippen LogP) is 6.70. The second-order valence-corrected chi connectivity index (χ2v) is 8.20. The molecule has 5 nitrogen and oxygen atoms in total. The molecule has 0 radical (unpaired) electrons. The lowest BCUT2D eigenvalue weighted by molar-refractivity contribution is 0.199. The number of aryl methyl sites for hydroxylation is 1. The van der Waals surface area contributed by atoms with E-state index in [0.29, 0.717) is 34.7 Å². The van der Waals surface area contributed by atoms with Gasteiger partial charge in [0.2, 0.25) is 5.89 Å². The van der Waals surface area contributed by atoms with Crippen LogP contribution in [-0.2, 0) is 6.42 Å². The Morgan fingerprint density at radius 2 is 1.82 bits per heavy atom. The summed E-state index contributed by atoms with van der Waals surface area (Å²) in [7, 11) is 0. The zero-order valence-corrected chi connectivity index (χ0v) is 18.1. The highest BCUT2D eigenvalue weighted by Gasteiger charge is 2.33. The topological polar surface area (TPSA) is 58.4 Å². The van der Waals surface area contributed by atoms with Crippen molar-refractivity contribution in [3.05, 3.63) is 83.8 Å². The highest BCUT2D eigenvalue weighted by molar-refractivity contribution is 5.90. The van der Waals surface area contributed by atoms with Gasteiger partial charge in [-0.1, -0.05) is 31.2 Å². The van der Waals surface area contributed by atoms with Crippen LogP contribution >= 0.6 is 0 Å². The third-order valence-corrected chi connectivity index (χ3v) is 6.07. The fourth-order valence-corrected chi connectivity index (χ4v) is 4.23. The normalized spacial score (nSPS) is 15.8. The van der Waals surface area contributed by atoms with E-state index in [4.69, 9.17) is 4.42 Å². The summed E-state index contributed by atoms with van der Waals surface area (Å²) < 4.78 is 32.9. The minimum absolute atomic E-state index is 0.188. The summed E-state index contributed by atoms with van der Waals surface area (Å²) in [5.41, 5.74) is 4.40. The predicted molar refractivity (Wildman–Crippen MR) is 123 cm³/mol. The molecule has 0 saturated carbocycles. The van der Waals surface area contributed by atoms with Crippen LogP contribution in [0.4, 0.5) is 19.3 Å². The quantitative estimate of drug-likeness (QED) is 0.378. The summed E-state index contributed by atoms with van der Waals surface area (Å²) in [6.45, 7) is 2.70. The maximum absolute atomic E-state index is 13.6. The van der Waals surface area contributed by atoms with Crippen molar-refractivity contribution >= 4 is 22.8 Å². The van der Waals surface area contributed by atoms with Crippen molar-refractivity contribution in [1.82, 2.24) is 9.88 Å². The fourth-order valence-electron chi connectivity index (χ4n) is 4.23. The van der Waals surface area contributed by atoms with E-state index in [1.165, 1.54) is 11.6 Å². The molecule has 3 aromatic carbocycles. The lowest BCUT2D eigenvalue weighted by Gasteiger charge is -2.22. The molecule has 1 unspecified atom stereocenters. The number of aromatic nitrogens is 1. The molecule has 1 atom stereocenters. The van der Waals surface area contributed by atoms with Gasteiger partial charge in [0.25, 0.3) is 0 Å². The smallest absolute Gasteiger partial charge is 0.322 e. The second kappa shape index (κ2) is 8.65. The minimum Gasteiger partial charge on any atom is -0.438 e. The van der Waals surface area contributed by atoms with Crippen LogP contribution in [0.3, 0.4) is 0 Å². The largest absolute Gasteiger partial charge is 0.438 e. The van der Waals surface area contributed by atoms with E-state index in [1.807, 2.05) is 24.3 Å². The zero-order valence-electron chi connectivity index (χ0n) is 18.1. The van der Waals surface area contributed by atoms with Gasteiger partial charge in [-0.3, -0.25) is 0 Å². The van der Waals surface area contributed by atoms with Crippen molar-refractivity contribution in [1.29, 1.82) is 0 Å². The molecule has 0 aliphatic carbocycles. The Labute approximate surface area is 190 Å². The Hall–Kier alpha value is -3.74. The summed E-state index contributed by atoms with van der Waals surface area (Å²) in [6.07, 6.45) is 2.55. The lowest BCUT2D eigenvalue weighted by atomic mass is 10.1. The first kappa shape index (κ1) is 21.1. The van der Waals surface area contributed by atoms with E-state index in [-0.39, 0.29) is 12.1 Å². The van der Waals surface area contributed by atoms with Crippen LogP contribution in [0.1, 0.15) is 37.3 Å². The third-order valence-electron chi connectivity index (χ3n) is 6.07. The van der Waals surface area contributed by atoms with Crippen LogP contribution < -0.4 is 5.32 Å². The first-order valence-corrected chi connectivity index (χ1v) is 11.0. The van der Waals surface area contributed by atoms with Gasteiger partial charge in [-0.15, -0.1) is 0 Å². The molecule has 1 N–H and O–H groups in total. The van der Waals surface area contributed by atoms with E-state index in [0.717, 1.165) is 37.1 Å². The van der Waals surface area contributed by atoms with Gasteiger partial charge in [-0.2, -0.15) is 0 Å². The minimum atomic E-state index is -0.898. The molecule has 7 heteroatoms. The summed E-state index contributed by atoms with van der Waals surface area (Å²) in [4.78, 5) is 19.3. The van der Waals surface area contributed by atoms with Gasteiger partial charge in [0.05, 0.1) is 0 Å². The Morgan fingerprint density at radius 3 is 2.58 bits per heavy atom. The summed E-state index contributed by atoms with van der Waals surface area (Å²) >= 11 is 0.